The molecule has 3 heterocycles. The van der Waals surface area contributed by atoms with Gasteiger partial charge >= 0.3 is 11.9 Å². The molecule has 1 aromatic rings. The molecule has 13 heteroatoms. The zero-order valence-electron chi connectivity index (χ0n) is 17.5. The Hall–Kier alpha value is -3.48. The highest BCUT2D eigenvalue weighted by Crippen LogP contribution is 2.40. The van der Waals surface area contributed by atoms with E-state index in [0.717, 1.165) is 16.7 Å². The van der Waals surface area contributed by atoms with E-state index in [0.29, 0.717) is 0 Å². The molecule has 4 atom stereocenters. The monoisotopic (exact) mass is 438 g/mol. The van der Waals surface area contributed by atoms with E-state index in [-0.39, 0.29) is 24.1 Å². The number of amides is 2. The van der Waals surface area contributed by atoms with Gasteiger partial charge in [0.2, 0.25) is 11.8 Å². The van der Waals surface area contributed by atoms with E-state index in [4.69, 9.17) is 18.9 Å². The van der Waals surface area contributed by atoms with Crippen LogP contribution >= 0.6 is 0 Å². The number of nitrogens with one attached hydrogen (secondary N) is 1. The number of esters is 2. The number of carbonyl (C=O) groups is 4. The SMILES string of the molecule is COc1nc2c(c(=O)[nH]1)N(C(C)=O)[C@H]1[C@@H](OC(C)=O)[C@H](OC(C)=O)CO[C@H]1N2C(C)=O. The smallest absolute Gasteiger partial charge is 0.303 e. The molecule has 2 aliphatic heterocycles. The van der Waals surface area contributed by atoms with Crippen LogP contribution in [0.15, 0.2) is 4.79 Å². The second-order valence-corrected chi connectivity index (χ2v) is 6.96. The van der Waals surface area contributed by atoms with Crippen molar-refractivity contribution >= 4 is 35.3 Å². The Morgan fingerprint density at radius 3 is 2.16 bits per heavy atom. The first kappa shape index (κ1) is 22.2. The zero-order chi connectivity index (χ0) is 23.0. The van der Waals surface area contributed by atoms with E-state index < -0.39 is 53.8 Å². The van der Waals surface area contributed by atoms with Gasteiger partial charge in [0.1, 0.15) is 6.04 Å². The van der Waals surface area contributed by atoms with Crippen molar-refractivity contribution in [1.82, 2.24) is 9.97 Å². The van der Waals surface area contributed by atoms with E-state index in [1.807, 2.05) is 0 Å². The maximum Gasteiger partial charge on any atom is 0.303 e. The lowest BCUT2D eigenvalue weighted by Gasteiger charge is -2.51. The first-order valence-corrected chi connectivity index (χ1v) is 9.30. The number of aromatic nitrogens is 2. The molecule has 31 heavy (non-hydrogen) atoms. The number of methoxy groups -OCH3 is 1. The van der Waals surface area contributed by atoms with E-state index >= 15 is 0 Å². The molecule has 0 aliphatic carbocycles. The number of hydrogen-bond donors (Lipinski definition) is 1. The van der Waals surface area contributed by atoms with Crippen LogP contribution in [0.5, 0.6) is 6.01 Å². The molecule has 0 saturated carbocycles. The molecule has 2 amide bonds. The molecule has 168 valence electrons. The Morgan fingerprint density at radius 2 is 1.65 bits per heavy atom. The Kier molecular flexibility index (Phi) is 5.97. The summed E-state index contributed by atoms with van der Waals surface area (Å²) >= 11 is 0. The van der Waals surface area contributed by atoms with Gasteiger partial charge in [-0.05, 0) is 0 Å². The Morgan fingerprint density at radius 1 is 1.03 bits per heavy atom. The maximum absolute atomic E-state index is 12.8. The lowest BCUT2D eigenvalue weighted by atomic mass is 9.95. The molecule has 0 bridgehead atoms. The number of nitrogens with zero attached hydrogens (tertiary/aromatic N) is 3. The summed E-state index contributed by atoms with van der Waals surface area (Å²) in [7, 11) is 1.27. The van der Waals surface area contributed by atoms with Crippen molar-refractivity contribution in [1.29, 1.82) is 0 Å². The summed E-state index contributed by atoms with van der Waals surface area (Å²) < 4.78 is 21.4. The van der Waals surface area contributed by atoms with Gasteiger partial charge in [-0.15, -0.1) is 0 Å². The van der Waals surface area contributed by atoms with Gasteiger partial charge in [-0.2, -0.15) is 4.98 Å². The second kappa shape index (κ2) is 8.34. The van der Waals surface area contributed by atoms with Gasteiger partial charge in [-0.3, -0.25) is 38.8 Å². The summed E-state index contributed by atoms with van der Waals surface area (Å²) in [4.78, 5) is 70.1. The summed E-state index contributed by atoms with van der Waals surface area (Å²) in [6, 6.07) is -1.37. The number of anilines is 2. The summed E-state index contributed by atoms with van der Waals surface area (Å²) in [6.45, 7) is 4.49. The number of rotatable bonds is 3. The predicted octanol–water partition coefficient (Wildman–Crippen LogP) is -0.914. The van der Waals surface area contributed by atoms with Crippen LogP contribution in [-0.4, -0.2) is 71.9 Å². The first-order valence-electron chi connectivity index (χ1n) is 9.30. The van der Waals surface area contributed by atoms with Crippen molar-refractivity contribution in [2.45, 2.75) is 52.2 Å². The van der Waals surface area contributed by atoms with Gasteiger partial charge < -0.3 is 18.9 Å². The number of H-pyrrole nitrogens is 1. The third-order valence-electron chi connectivity index (χ3n) is 4.79. The van der Waals surface area contributed by atoms with Crippen LogP contribution in [0, 0.1) is 0 Å². The quantitative estimate of drug-likeness (QED) is 0.586. The Balaban J connectivity index is 2.26. The van der Waals surface area contributed by atoms with Crippen molar-refractivity contribution in [2.24, 2.45) is 0 Å². The predicted molar refractivity (Wildman–Crippen MR) is 102 cm³/mol. The van der Waals surface area contributed by atoms with Crippen molar-refractivity contribution in [3.8, 4) is 6.01 Å². The molecule has 13 nitrogen and oxygen atoms in total. The highest BCUT2D eigenvalue weighted by atomic mass is 16.6. The molecule has 1 saturated heterocycles. The lowest BCUT2D eigenvalue weighted by Crippen LogP contribution is -2.71. The van der Waals surface area contributed by atoms with Crippen LogP contribution in [-0.2, 0) is 33.4 Å². The van der Waals surface area contributed by atoms with Crippen LogP contribution in [0.2, 0.25) is 0 Å². The minimum absolute atomic E-state index is 0.155. The fraction of sp³-hybridized carbons (Fsp3) is 0.556. The van der Waals surface area contributed by atoms with Crippen LogP contribution in [0.4, 0.5) is 11.5 Å². The van der Waals surface area contributed by atoms with Crippen molar-refractivity contribution in [3.05, 3.63) is 10.4 Å². The van der Waals surface area contributed by atoms with Crippen LogP contribution < -0.4 is 20.1 Å². The second-order valence-electron chi connectivity index (χ2n) is 6.96. The van der Waals surface area contributed by atoms with Gasteiger partial charge in [0.15, 0.2) is 29.9 Å². The van der Waals surface area contributed by atoms with Crippen LogP contribution in [0.1, 0.15) is 27.7 Å². The molecular weight excluding hydrogens is 416 g/mol. The normalized spacial score (nSPS) is 24.5. The van der Waals surface area contributed by atoms with Gasteiger partial charge in [0, 0.05) is 27.7 Å². The van der Waals surface area contributed by atoms with Crippen molar-refractivity contribution < 1.29 is 38.1 Å². The number of hydrogen-bond acceptors (Lipinski definition) is 10. The zero-order valence-corrected chi connectivity index (χ0v) is 17.5. The summed E-state index contributed by atoms with van der Waals surface area (Å²) in [5, 5.41) is 0. The summed E-state index contributed by atoms with van der Waals surface area (Å²) in [5.74, 6) is -2.69. The molecule has 1 fully saturated rings. The minimum Gasteiger partial charge on any atom is -0.468 e. The summed E-state index contributed by atoms with van der Waals surface area (Å²) in [6.07, 6.45) is -3.48. The highest BCUT2D eigenvalue weighted by molar-refractivity contribution is 6.02. The fourth-order valence-corrected chi connectivity index (χ4v) is 3.80. The third kappa shape index (κ3) is 3.95. The molecule has 0 radical (unpaired) electrons. The van der Waals surface area contributed by atoms with Crippen molar-refractivity contribution in [2.75, 3.05) is 23.5 Å². The van der Waals surface area contributed by atoms with E-state index in [1.54, 1.807) is 0 Å². The molecule has 1 N–H and O–H groups in total. The van der Waals surface area contributed by atoms with Gasteiger partial charge in [-0.25, -0.2) is 0 Å². The van der Waals surface area contributed by atoms with E-state index in [9.17, 15) is 24.0 Å². The summed E-state index contributed by atoms with van der Waals surface area (Å²) in [5.41, 5.74) is -1.02. The van der Waals surface area contributed by atoms with Gasteiger partial charge in [0.05, 0.1) is 13.7 Å². The standard InChI is InChI=1S/C18H22N4O9/c1-7(23)21-12-14(31-10(4)26)11(30-9(3)25)6-29-17(12)22(8(2)24)15-13(21)16(27)20-18(19-15)28-5/h11-12,14,17H,6H2,1-5H3,(H,19,20,27)/t11-,12+,14+,17-/m1/s1. The van der Waals surface area contributed by atoms with E-state index in [1.165, 1.54) is 27.9 Å². The third-order valence-corrected chi connectivity index (χ3v) is 4.79. The molecule has 0 aromatic carbocycles. The molecule has 1 aromatic heterocycles. The topological polar surface area (TPSA) is 157 Å². The first-order chi connectivity index (χ1) is 14.6. The van der Waals surface area contributed by atoms with E-state index in [2.05, 4.69) is 9.97 Å². The molecule has 0 spiro atoms. The largest absolute Gasteiger partial charge is 0.468 e. The molecule has 0 unspecified atom stereocenters. The number of carbonyl (C=O) groups excluding carboxylic acids is 4. The Labute approximate surface area is 176 Å². The Bertz CT molecular complexity index is 991. The van der Waals surface area contributed by atoms with Crippen molar-refractivity contribution in [3.63, 3.8) is 0 Å². The van der Waals surface area contributed by atoms with Gasteiger partial charge in [-0.1, -0.05) is 0 Å². The minimum atomic E-state index is -1.22. The lowest BCUT2D eigenvalue weighted by molar-refractivity contribution is -0.193. The fourth-order valence-electron chi connectivity index (χ4n) is 3.80. The number of fused-ring (bicyclic) bond motifs is 2. The number of ether oxygens (including phenoxy) is 4. The average Bonchev–Trinajstić information content (AvgIpc) is 2.66. The molecule has 3 rings (SSSR count). The maximum atomic E-state index is 12.8. The highest BCUT2D eigenvalue weighted by Gasteiger charge is 2.56. The molecular formula is C18H22N4O9. The molecule has 2 aliphatic rings. The average molecular weight is 438 g/mol. The van der Waals surface area contributed by atoms with Crippen LogP contribution in [0.25, 0.3) is 0 Å². The van der Waals surface area contributed by atoms with Gasteiger partial charge in [0.25, 0.3) is 11.6 Å². The van der Waals surface area contributed by atoms with Crippen LogP contribution in [0.3, 0.4) is 0 Å². The number of aromatic amines is 1.